The molecule has 5 heteroatoms. The number of nitrogens with one attached hydrogen (secondary N) is 1. The van der Waals surface area contributed by atoms with Gasteiger partial charge in [-0.3, -0.25) is 4.79 Å². The summed E-state index contributed by atoms with van der Waals surface area (Å²) in [5, 5.41) is 3.27. The Hall–Kier alpha value is -1.59. The van der Waals surface area contributed by atoms with E-state index in [2.05, 4.69) is 5.32 Å². The maximum Gasteiger partial charge on any atom is 0.251 e. The Morgan fingerprint density at radius 2 is 2.14 bits per heavy atom. The number of carbonyl (C=O) groups excluding carboxylic acids is 1. The number of methoxy groups -OCH3 is 1. The lowest BCUT2D eigenvalue weighted by Crippen LogP contribution is -2.47. The largest absolute Gasteiger partial charge is 0.497 e. The molecule has 1 aliphatic rings. The molecule has 1 aromatic carbocycles. The number of ether oxygens (including phenoxy) is 2. The first-order valence-corrected chi connectivity index (χ1v) is 7.84. The zero-order chi connectivity index (χ0) is 15.9. The van der Waals surface area contributed by atoms with Crippen LogP contribution in [0.5, 0.6) is 5.75 Å². The molecular weight excluding hydrogens is 280 g/mol. The fourth-order valence-electron chi connectivity index (χ4n) is 2.70. The lowest BCUT2D eigenvalue weighted by atomic mass is 10.0. The van der Waals surface area contributed by atoms with Gasteiger partial charge in [0, 0.05) is 19.1 Å². The molecule has 1 saturated heterocycles. The van der Waals surface area contributed by atoms with Crippen LogP contribution in [0, 0.1) is 0 Å². The summed E-state index contributed by atoms with van der Waals surface area (Å²) in [5.74, 6) is 0.881. The molecule has 1 fully saturated rings. The van der Waals surface area contributed by atoms with Crippen LogP contribution in [0.4, 0.5) is 0 Å². The molecule has 0 aromatic heterocycles. The Morgan fingerprint density at radius 3 is 2.77 bits per heavy atom. The molecule has 22 heavy (non-hydrogen) atoms. The van der Waals surface area contributed by atoms with Crippen LogP contribution in [0.3, 0.4) is 0 Å². The summed E-state index contributed by atoms with van der Waals surface area (Å²) in [6, 6.07) is 8.24. The van der Waals surface area contributed by atoms with Crippen molar-refractivity contribution in [2.24, 2.45) is 0 Å². The minimum atomic E-state index is -0.419. The van der Waals surface area contributed by atoms with Crippen molar-refractivity contribution in [2.45, 2.75) is 38.5 Å². The summed E-state index contributed by atoms with van der Waals surface area (Å²) in [5.41, 5.74) is 1.01. The lowest BCUT2D eigenvalue weighted by Gasteiger charge is -2.33. The van der Waals surface area contributed by atoms with E-state index < -0.39 is 6.10 Å². The zero-order valence-electron chi connectivity index (χ0n) is 13.7. The molecule has 1 aromatic rings. The number of piperidine rings is 1. The van der Waals surface area contributed by atoms with E-state index >= 15 is 0 Å². The van der Waals surface area contributed by atoms with Crippen LogP contribution in [0.1, 0.15) is 25.3 Å². The highest BCUT2D eigenvalue weighted by molar-refractivity contribution is 5.80. The number of benzene rings is 1. The quantitative estimate of drug-likeness (QED) is 0.871. The molecule has 1 aliphatic heterocycles. The summed E-state index contributed by atoms with van der Waals surface area (Å²) in [6.45, 7) is 3.85. The van der Waals surface area contributed by atoms with Gasteiger partial charge in [0.15, 0.2) is 0 Å². The van der Waals surface area contributed by atoms with Crippen LogP contribution in [0.2, 0.25) is 0 Å². The second kappa shape index (κ2) is 8.15. The van der Waals surface area contributed by atoms with E-state index in [0.717, 1.165) is 37.2 Å². The van der Waals surface area contributed by atoms with Crippen molar-refractivity contribution in [3.63, 3.8) is 0 Å². The third-order valence-electron chi connectivity index (χ3n) is 4.20. The maximum absolute atomic E-state index is 12.4. The minimum absolute atomic E-state index is 0.0810. The molecule has 0 spiro atoms. The van der Waals surface area contributed by atoms with Gasteiger partial charge in [-0.1, -0.05) is 12.1 Å². The van der Waals surface area contributed by atoms with Gasteiger partial charge in [-0.05, 0) is 44.5 Å². The molecule has 0 aliphatic carbocycles. The SMILES string of the molecule is CNC1CCN(C(=O)C(C)OCc2cccc(OC)c2)CC1. The zero-order valence-corrected chi connectivity index (χ0v) is 13.7. The highest BCUT2D eigenvalue weighted by Crippen LogP contribution is 2.15. The molecule has 1 unspecified atom stereocenters. The van der Waals surface area contributed by atoms with E-state index in [1.54, 1.807) is 7.11 Å². The molecule has 1 amide bonds. The van der Waals surface area contributed by atoms with E-state index in [1.807, 2.05) is 43.1 Å². The Bertz CT molecular complexity index is 485. The molecular formula is C17H26N2O3. The summed E-state index contributed by atoms with van der Waals surface area (Å²) >= 11 is 0. The first-order valence-electron chi connectivity index (χ1n) is 7.84. The Labute approximate surface area is 132 Å². The average molecular weight is 306 g/mol. The first kappa shape index (κ1) is 16.8. The third-order valence-corrected chi connectivity index (χ3v) is 4.20. The van der Waals surface area contributed by atoms with Gasteiger partial charge < -0.3 is 19.7 Å². The fourth-order valence-corrected chi connectivity index (χ4v) is 2.70. The van der Waals surface area contributed by atoms with Crippen LogP contribution >= 0.6 is 0 Å². The number of carbonyl (C=O) groups is 1. The van der Waals surface area contributed by atoms with Crippen LogP contribution in [-0.2, 0) is 16.1 Å². The monoisotopic (exact) mass is 306 g/mol. The summed E-state index contributed by atoms with van der Waals surface area (Å²) in [4.78, 5) is 14.3. The van der Waals surface area contributed by atoms with E-state index in [1.165, 1.54) is 0 Å². The standard InChI is InChI=1S/C17H26N2O3/c1-13(17(20)19-9-7-15(18-2)8-10-19)22-12-14-5-4-6-16(11-14)21-3/h4-6,11,13,15,18H,7-10,12H2,1-3H3. The second-order valence-corrected chi connectivity index (χ2v) is 5.69. The Morgan fingerprint density at radius 1 is 1.41 bits per heavy atom. The number of likely N-dealkylation sites (tertiary alicyclic amines) is 1. The fraction of sp³-hybridized carbons (Fsp3) is 0.588. The molecule has 2 rings (SSSR count). The predicted molar refractivity (Wildman–Crippen MR) is 85.9 cm³/mol. The molecule has 1 N–H and O–H groups in total. The molecule has 0 bridgehead atoms. The second-order valence-electron chi connectivity index (χ2n) is 5.69. The van der Waals surface area contributed by atoms with Gasteiger partial charge in [0.25, 0.3) is 5.91 Å². The molecule has 0 saturated carbocycles. The topological polar surface area (TPSA) is 50.8 Å². The van der Waals surface area contributed by atoms with Gasteiger partial charge in [0.05, 0.1) is 13.7 Å². The third kappa shape index (κ3) is 4.45. The Balaban J connectivity index is 1.81. The normalized spacial score (nSPS) is 17.3. The van der Waals surface area contributed by atoms with Crippen LogP contribution < -0.4 is 10.1 Å². The van der Waals surface area contributed by atoms with Crippen molar-refractivity contribution in [2.75, 3.05) is 27.2 Å². The van der Waals surface area contributed by atoms with E-state index in [-0.39, 0.29) is 5.91 Å². The van der Waals surface area contributed by atoms with Crippen molar-refractivity contribution >= 4 is 5.91 Å². The molecule has 1 heterocycles. The van der Waals surface area contributed by atoms with Crippen LogP contribution in [0.25, 0.3) is 0 Å². The lowest BCUT2D eigenvalue weighted by molar-refractivity contribution is -0.144. The number of rotatable bonds is 6. The number of hydrogen-bond donors (Lipinski definition) is 1. The van der Waals surface area contributed by atoms with Crippen LogP contribution in [0.15, 0.2) is 24.3 Å². The average Bonchev–Trinajstić information content (AvgIpc) is 2.59. The van der Waals surface area contributed by atoms with Crippen molar-refractivity contribution in [3.8, 4) is 5.75 Å². The van der Waals surface area contributed by atoms with Gasteiger partial charge in [0.1, 0.15) is 11.9 Å². The van der Waals surface area contributed by atoms with Crippen molar-refractivity contribution in [3.05, 3.63) is 29.8 Å². The number of amides is 1. The molecule has 5 nitrogen and oxygen atoms in total. The van der Waals surface area contributed by atoms with Crippen molar-refractivity contribution < 1.29 is 14.3 Å². The molecule has 0 radical (unpaired) electrons. The van der Waals surface area contributed by atoms with Crippen LogP contribution in [-0.4, -0.2) is 50.2 Å². The van der Waals surface area contributed by atoms with Gasteiger partial charge in [0.2, 0.25) is 0 Å². The maximum atomic E-state index is 12.4. The summed E-state index contributed by atoms with van der Waals surface area (Å²) in [7, 11) is 3.61. The smallest absolute Gasteiger partial charge is 0.251 e. The van der Waals surface area contributed by atoms with Gasteiger partial charge in [-0.2, -0.15) is 0 Å². The first-order chi connectivity index (χ1) is 10.6. The van der Waals surface area contributed by atoms with E-state index in [4.69, 9.17) is 9.47 Å². The molecule has 1 atom stereocenters. The molecule has 122 valence electrons. The van der Waals surface area contributed by atoms with Gasteiger partial charge in [-0.15, -0.1) is 0 Å². The van der Waals surface area contributed by atoms with E-state index in [0.29, 0.717) is 12.6 Å². The summed E-state index contributed by atoms with van der Waals surface area (Å²) < 4.78 is 10.9. The summed E-state index contributed by atoms with van der Waals surface area (Å²) in [6.07, 6.45) is 1.59. The highest BCUT2D eigenvalue weighted by Gasteiger charge is 2.25. The highest BCUT2D eigenvalue weighted by atomic mass is 16.5. The Kier molecular flexibility index (Phi) is 6.21. The van der Waals surface area contributed by atoms with Gasteiger partial charge in [-0.25, -0.2) is 0 Å². The number of hydrogen-bond acceptors (Lipinski definition) is 4. The van der Waals surface area contributed by atoms with Crippen molar-refractivity contribution in [1.29, 1.82) is 0 Å². The van der Waals surface area contributed by atoms with E-state index in [9.17, 15) is 4.79 Å². The van der Waals surface area contributed by atoms with Gasteiger partial charge >= 0.3 is 0 Å². The number of nitrogens with zero attached hydrogens (tertiary/aromatic N) is 1. The minimum Gasteiger partial charge on any atom is -0.497 e. The predicted octanol–water partition coefficient (Wildman–Crippen LogP) is 1.81. The van der Waals surface area contributed by atoms with Crippen molar-refractivity contribution in [1.82, 2.24) is 10.2 Å².